The van der Waals surface area contributed by atoms with Crippen LogP contribution < -0.4 is 62.3 Å². The second-order valence-electron chi connectivity index (χ2n) is 34.8. The number of phenols is 2. The van der Waals surface area contributed by atoms with Crippen LogP contribution in [0.15, 0.2) is 146 Å². The highest BCUT2D eigenvalue weighted by Gasteiger charge is 2.30. The minimum absolute atomic E-state index is 0.00135. The Balaban J connectivity index is 0.000000165. The van der Waals surface area contributed by atoms with Crippen molar-refractivity contribution >= 4 is 243 Å². The Morgan fingerprint density at radius 1 is 0.351 bits per heavy atom. The van der Waals surface area contributed by atoms with Crippen LogP contribution in [0.1, 0.15) is 158 Å². The first-order valence-electron chi connectivity index (χ1n) is 46.8. The average molecular weight is 2460 g/mol. The number of alkyl halides is 4. The number of fused-ring (bicyclic) bond motifs is 12. The third-order valence-electron chi connectivity index (χ3n) is 23.6. The van der Waals surface area contributed by atoms with Gasteiger partial charge in [-0.1, -0.05) is 203 Å². The number of aromatic hydroxyl groups is 2. The Kier molecular flexibility index (Phi) is 38.4. The van der Waals surface area contributed by atoms with Gasteiger partial charge in [0, 0.05) is 97.6 Å². The number of unbranched alkanes of at least 4 members (excludes halogenated alkanes) is 4. The lowest BCUT2D eigenvalue weighted by Crippen LogP contribution is -2.23. The summed E-state index contributed by atoms with van der Waals surface area (Å²) >= 11 is 10.3. The van der Waals surface area contributed by atoms with Crippen molar-refractivity contribution in [3.8, 4) is 34.5 Å². The quantitative estimate of drug-likeness (QED) is 0.00963. The van der Waals surface area contributed by atoms with Crippen LogP contribution in [0.3, 0.4) is 0 Å². The predicted octanol–water partition coefficient (Wildman–Crippen LogP) is 16.3. The zero-order valence-electron chi connectivity index (χ0n) is 81.2. The Morgan fingerprint density at radius 2 is 0.642 bits per heavy atom. The molecule has 8 aromatic heterocycles. The second-order valence-corrected chi connectivity index (χ2v) is 42.1. The number of pyridine rings is 4. The molecule has 0 radical (unpaired) electrons. The molecule has 0 aliphatic carbocycles. The third kappa shape index (κ3) is 29.5. The molecule has 784 valence electrons. The maximum atomic E-state index is 11.7. The van der Waals surface area contributed by atoms with Gasteiger partial charge in [0.05, 0.1) is 76.7 Å². The van der Waals surface area contributed by atoms with Gasteiger partial charge in [0.1, 0.15) is 79.9 Å². The van der Waals surface area contributed by atoms with E-state index >= 15 is 0 Å². The summed E-state index contributed by atoms with van der Waals surface area (Å²) in [5.74, 6) is 3.88. The number of nitrogen functional groups attached to an aromatic ring is 4. The molecule has 0 aliphatic rings. The zero-order valence-corrected chi connectivity index (χ0v) is 92.2. The maximum Gasteiger partial charge on any atom is 0.524 e. The van der Waals surface area contributed by atoms with Crippen molar-refractivity contribution in [2.24, 2.45) is 0 Å². The van der Waals surface area contributed by atoms with Gasteiger partial charge >= 0.3 is 31.3 Å². The number of phosphoric acid groups is 4. The number of nitrogens with two attached hydrogens (primary N) is 4. The van der Waals surface area contributed by atoms with Gasteiger partial charge in [-0.05, 0) is 157 Å². The number of nitrogens with one attached hydrogen (secondary N) is 4. The van der Waals surface area contributed by atoms with E-state index in [1.165, 1.54) is 24.3 Å². The number of carbonyl (C=O) groups excluding carboxylic acids is 4. The Hall–Kier alpha value is -11.8. The number of hydrogen-bond donors (Lipinski definition) is 18. The first-order chi connectivity index (χ1) is 70.4. The molecule has 0 atom stereocenters. The van der Waals surface area contributed by atoms with E-state index in [4.69, 9.17) is 70.8 Å². The molecule has 8 aromatic carbocycles. The van der Waals surface area contributed by atoms with Gasteiger partial charge in [0.2, 0.25) is 23.6 Å². The largest absolute Gasteiger partial charge is 0.524 e. The van der Waals surface area contributed by atoms with Gasteiger partial charge in [-0.3, -0.25) is 58.3 Å². The van der Waals surface area contributed by atoms with Gasteiger partial charge in [-0.15, -0.1) is 0 Å². The summed E-state index contributed by atoms with van der Waals surface area (Å²) in [5, 5.41) is 35.1. The van der Waals surface area contributed by atoms with E-state index in [1.807, 2.05) is 149 Å². The lowest BCUT2D eigenvalue weighted by Gasteiger charge is -2.17. The fourth-order valence-corrected chi connectivity index (χ4v) is 19.4. The Morgan fingerprint density at radius 3 is 0.953 bits per heavy atom. The Labute approximate surface area is 892 Å². The summed E-state index contributed by atoms with van der Waals surface area (Å²) in [6, 6.07) is 41.4. The smallest absolute Gasteiger partial charge is 0.508 e. The number of carbonyl (C=O) groups is 4. The molecule has 4 amide bonds. The van der Waals surface area contributed by atoms with E-state index in [2.05, 4.69) is 103 Å². The van der Waals surface area contributed by atoms with Crippen molar-refractivity contribution in [3.63, 3.8) is 0 Å². The van der Waals surface area contributed by atoms with Crippen LogP contribution in [0.4, 0.5) is 23.3 Å². The van der Waals surface area contributed by atoms with E-state index in [-0.39, 0.29) is 99.9 Å². The minimum Gasteiger partial charge on any atom is -0.508 e. The molecular weight excluding hydrogens is 2350 g/mol. The number of benzene rings is 8. The van der Waals surface area contributed by atoms with Gasteiger partial charge in [-0.2, -0.15) is 0 Å². The monoisotopic (exact) mass is 2460 g/mol. The molecule has 0 saturated heterocycles. The summed E-state index contributed by atoms with van der Waals surface area (Å²) in [5.41, 5.74) is 41.0. The minimum atomic E-state index is -4.99. The summed E-state index contributed by atoms with van der Waals surface area (Å²) in [6.07, 6.45) is 10.3. The summed E-state index contributed by atoms with van der Waals surface area (Å²) < 4.78 is 74.2. The van der Waals surface area contributed by atoms with E-state index in [1.54, 1.807) is 35.8 Å². The first-order valence-corrected chi connectivity index (χ1v) is 58.2. The van der Waals surface area contributed by atoms with E-state index in [0.717, 1.165) is 177 Å². The van der Waals surface area contributed by atoms with Crippen LogP contribution in [0.25, 0.3) is 87.7 Å². The number of rotatable bonds is 40. The van der Waals surface area contributed by atoms with E-state index in [0.29, 0.717) is 133 Å². The number of amides is 4. The molecule has 0 spiro atoms. The SMILES string of the molecule is CCCCc1nc2c(N)nc3cc(CNC(=O)CBr)ccc3c2n1Cc1cc(O)ccc1OP(=O)(O)O.CCCCc1nc2c(N)nc3cc(CNC(=O)CBr)ccc3c2n1Cc1cc(OP(=O)(O)O)ccc1OP(=O)(O)O.CCCCc1nc2c(N)nc3cc(CNC(=O)CI)ccc3c2n1Cc1ccc(O)c(C)c1.CCCCc1nc2c(N)nc3cc(CNC(=O)CI)ccc3c2n1Cc1ccc(OP(=O)(O)O)c(C)c1. The lowest BCUT2D eigenvalue weighted by molar-refractivity contribution is -0.119. The van der Waals surface area contributed by atoms with Crippen LogP contribution in [-0.4, -0.2) is 151 Å². The van der Waals surface area contributed by atoms with Crippen LogP contribution in [0.5, 0.6) is 34.5 Å². The van der Waals surface area contributed by atoms with Crippen molar-refractivity contribution in [2.75, 3.05) is 42.4 Å². The lowest BCUT2D eigenvalue weighted by atomic mass is 10.1. The molecule has 16 aromatic rings. The average Bonchev–Trinajstić information content (AvgIpc) is 1.63. The topological polar surface area (TPSA) is 651 Å². The normalized spacial score (nSPS) is 11.8. The van der Waals surface area contributed by atoms with E-state index < -0.39 is 31.3 Å². The van der Waals surface area contributed by atoms with Gasteiger partial charge < -0.3 is 90.8 Å². The molecule has 8 heterocycles. The highest BCUT2D eigenvalue weighted by atomic mass is 127. The molecule has 0 bridgehead atoms. The van der Waals surface area contributed by atoms with Crippen molar-refractivity contribution in [1.29, 1.82) is 0 Å². The van der Waals surface area contributed by atoms with Crippen molar-refractivity contribution < 1.29 is 105 Å². The molecule has 16 rings (SSSR count). The molecular formula is C98H112Br2I2N20O22P4. The van der Waals surface area contributed by atoms with Crippen LogP contribution in [0.2, 0.25) is 0 Å². The van der Waals surface area contributed by atoms with Crippen LogP contribution in [0, 0.1) is 13.8 Å². The Bertz CT molecular complexity index is 7890. The fourth-order valence-electron chi connectivity index (χ4n) is 16.8. The molecule has 0 saturated carbocycles. The van der Waals surface area contributed by atoms with Crippen LogP contribution >= 0.6 is 108 Å². The summed E-state index contributed by atoms with van der Waals surface area (Å²) in [7, 11) is -19.4. The molecule has 50 heteroatoms. The van der Waals surface area contributed by atoms with Gasteiger partial charge in [0.25, 0.3) is 0 Å². The van der Waals surface area contributed by atoms with E-state index in [9.17, 15) is 77.0 Å². The molecule has 22 N–H and O–H groups in total. The number of phosphoric ester groups is 4. The maximum absolute atomic E-state index is 11.7. The molecule has 42 nitrogen and oxygen atoms in total. The number of anilines is 4. The molecule has 0 aliphatic heterocycles. The number of imidazole rings is 4. The first kappa shape index (κ1) is 113. The summed E-state index contributed by atoms with van der Waals surface area (Å²) in [6.45, 7) is 14.6. The predicted molar refractivity (Wildman–Crippen MR) is 591 cm³/mol. The summed E-state index contributed by atoms with van der Waals surface area (Å²) in [4.78, 5) is 159. The van der Waals surface area contributed by atoms with Crippen LogP contribution in [-0.2, 0) is 115 Å². The number of aromatic nitrogens is 12. The number of nitrogens with zero attached hydrogens (tertiary/aromatic N) is 12. The standard InChI is InChI=1S/C25H29IN5O5P.C25H28IN5O2.C24H28BrN5O9P2.C24H27BrN5O6P/c1-3-4-5-21-30-23-24(31(21)14-17-7-9-20(15(2)10-17)36-37(33,34)35)18-8-6-16(13-28-22(32)12-26)11-19(18)29-25(23)27;1-3-4-5-21-30-23-24(31(21)14-17-7-9-20(32)15(2)10-17)18-8-6-16(13-28-22(33)12-26)11-19(18)29-25(23)27;1-2-3-4-20-29-22-23(17-7-5-14(12-27-21(31)11-25)9-18(17)28-24(22)26)30(20)13-15-10-16(38-40(32,33)34)6-8-19(15)39-41(35,36)37;1-2-3-4-20-29-22-23(30(20)13-15-10-16(31)6-8-19(15)36-37(33,34)35)17-7-5-14(12-27-21(32)11-25)9-18(17)28-24(22)26/h6-11H,3-5,12-14H2,1-2H3,(H2,27,29)(H,28,32)(H2,33,34,35);6-11,32H,3-5,12-14H2,1-2H3,(H2,27,29)(H,28,33);5-10H,2-4,11-13H2,1H3,(H2,26,28)(H,27,31)(H2,32,33,34)(H2,35,36,37);5-10,31H,2-4,11-13H2,1H3,(H2,26,28)(H,27,32)(H2,33,34,35). The number of phenolic OH excluding ortho intramolecular Hbond substituents is 2. The fraction of sp³-hybridized carbons (Fsp3) is 0.306. The molecule has 0 fully saturated rings. The second kappa shape index (κ2) is 50.2. The highest BCUT2D eigenvalue weighted by molar-refractivity contribution is 14.1. The van der Waals surface area contributed by atoms with Gasteiger partial charge in [-0.25, -0.2) is 58.1 Å². The van der Waals surface area contributed by atoms with Crippen molar-refractivity contribution in [1.82, 2.24) is 79.4 Å². The molecule has 148 heavy (non-hydrogen) atoms. The molecule has 0 unspecified atom stereocenters. The van der Waals surface area contributed by atoms with Crippen molar-refractivity contribution in [2.45, 2.75) is 171 Å². The number of aryl methyl sites for hydroxylation is 6. The number of halogens is 4. The van der Waals surface area contributed by atoms with Crippen molar-refractivity contribution in [3.05, 3.63) is 225 Å². The van der Waals surface area contributed by atoms with Gasteiger partial charge in [0.15, 0.2) is 23.3 Å². The number of hydrogen-bond acceptors (Lipinski definition) is 26. The third-order valence-corrected chi connectivity index (χ3v) is 27.8. The highest BCUT2D eigenvalue weighted by Crippen LogP contribution is 2.47. The zero-order chi connectivity index (χ0) is 107.